The van der Waals surface area contributed by atoms with Crippen LogP contribution in [0.2, 0.25) is 0 Å². The highest BCUT2D eigenvalue weighted by Crippen LogP contribution is 2.36. The van der Waals surface area contributed by atoms with Crippen molar-refractivity contribution < 1.29 is 18.3 Å². The highest BCUT2D eigenvalue weighted by Gasteiger charge is 2.42. The molecule has 0 aliphatic rings. The molecule has 2 aromatic carbocycles. The molecule has 0 heterocycles. The van der Waals surface area contributed by atoms with Crippen molar-refractivity contribution in [2.75, 3.05) is 6.61 Å². The molecule has 0 amide bonds. The van der Waals surface area contributed by atoms with Crippen molar-refractivity contribution in [1.82, 2.24) is 5.32 Å². The lowest BCUT2D eigenvalue weighted by Crippen LogP contribution is -2.43. The van der Waals surface area contributed by atoms with Gasteiger partial charge in [-0.15, -0.1) is 0 Å². The van der Waals surface area contributed by atoms with Gasteiger partial charge in [0.1, 0.15) is 6.04 Å². The number of fused-ring (bicyclic) bond motifs is 1. The lowest BCUT2D eigenvalue weighted by Gasteiger charge is -2.28. The highest BCUT2D eigenvalue weighted by molar-refractivity contribution is 5.86. The maximum Gasteiger partial charge on any atom is 0.407 e. The molecule has 2 nitrogen and oxygen atoms in total. The van der Waals surface area contributed by atoms with E-state index in [4.69, 9.17) is 0 Å². The van der Waals surface area contributed by atoms with Crippen molar-refractivity contribution in [1.29, 1.82) is 0 Å². The highest BCUT2D eigenvalue weighted by atomic mass is 19.4. The van der Waals surface area contributed by atoms with E-state index >= 15 is 0 Å². The van der Waals surface area contributed by atoms with Gasteiger partial charge in [-0.25, -0.2) is 0 Å². The molecule has 2 aromatic rings. The van der Waals surface area contributed by atoms with E-state index in [1.165, 1.54) is 6.07 Å². The van der Waals surface area contributed by atoms with Gasteiger partial charge >= 0.3 is 6.18 Å². The Kier molecular flexibility index (Phi) is 5.65. The Hall–Kier alpha value is -1.59. The number of aliphatic hydroxyl groups is 1. The zero-order valence-corrected chi connectivity index (χ0v) is 13.3. The van der Waals surface area contributed by atoms with Gasteiger partial charge in [0.2, 0.25) is 0 Å². The summed E-state index contributed by atoms with van der Waals surface area (Å²) in [6.07, 6.45) is -3.96. The molecule has 2 rings (SSSR count). The SMILES string of the molecule is CC(C)C[C@@H](CO)N[C@@H](c1cccc2ccccc12)C(F)(F)F. The van der Waals surface area contributed by atoms with Gasteiger partial charge in [-0.1, -0.05) is 56.3 Å². The Labute approximate surface area is 134 Å². The van der Waals surface area contributed by atoms with E-state index in [2.05, 4.69) is 5.32 Å². The maximum absolute atomic E-state index is 13.6. The molecule has 0 aliphatic heterocycles. The predicted octanol–water partition coefficient (Wildman–Crippen LogP) is 4.44. The van der Waals surface area contributed by atoms with Crippen molar-refractivity contribution in [3.05, 3.63) is 48.0 Å². The van der Waals surface area contributed by atoms with Crippen molar-refractivity contribution >= 4 is 10.8 Å². The molecule has 126 valence electrons. The third-order valence-corrected chi connectivity index (χ3v) is 3.84. The summed E-state index contributed by atoms with van der Waals surface area (Å²) in [5, 5.41) is 13.4. The second-order valence-electron chi connectivity index (χ2n) is 6.22. The zero-order chi connectivity index (χ0) is 17.0. The van der Waals surface area contributed by atoms with Gasteiger partial charge in [-0.05, 0) is 28.7 Å². The first-order chi connectivity index (χ1) is 10.8. The monoisotopic (exact) mass is 325 g/mol. The second kappa shape index (κ2) is 7.32. The Morgan fingerprint density at radius 2 is 1.70 bits per heavy atom. The molecule has 2 N–H and O–H groups in total. The molecule has 0 unspecified atom stereocenters. The van der Waals surface area contributed by atoms with Crippen molar-refractivity contribution in [3.8, 4) is 0 Å². The molecule has 0 saturated carbocycles. The molecule has 0 aliphatic carbocycles. The lowest BCUT2D eigenvalue weighted by molar-refractivity contribution is -0.160. The first kappa shape index (κ1) is 17.8. The first-order valence-corrected chi connectivity index (χ1v) is 7.74. The molecule has 0 bridgehead atoms. The van der Waals surface area contributed by atoms with Crippen LogP contribution in [0.25, 0.3) is 10.8 Å². The second-order valence-corrected chi connectivity index (χ2v) is 6.22. The largest absolute Gasteiger partial charge is 0.407 e. The Morgan fingerprint density at radius 1 is 1.04 bits per heavy atom. The fourth-order valence-corrected chi connectivity index (χ4v) is 2.86. The van der Waals surface area contributed by atoms with E-state index in [0.29, 0.717) is 11.8 Å². The molecule has 0 fully saturated rings. The van der Waals surface area contributed by atoms with Crippen LogP contribution in [-0.4, -0.2) is 23.9 Å². The van der Waals surface area contributed by atoms with E-state index in [9.17, 15) is 18.3 Å². The topological polar surface area (TPSA) is 32.3 Å². The zero-order valence-electron chi connectivity index (χ0n) is 13.3. The minimum absolute atomic E-state index is 0.192. The van der Waals surface area contributed by atoms with Gasteiger partial charge in [-0.2, -0.15) is 13.2 Å². The lowest BCUT2D eigenvalue weighted by atomic mass is 9.96. The fourth-order valence-electron chi connectivity index (χ4n) is 2.86. The molecule has 0 aromatic heterocycles. The average molecular weight is 325 g/mol. The van der Waals surface area contributed by atoms with Gasteiger partial charge in [0, 0.05) is 6.04 Å². The van der Waals surface area contributed by atoms with E-state index in [-0.39, 0.29) is 18.1 Å². The Balaban J connectivity index is 2.42. The number of rotatable bonds is 6. The molecule has 5 heteroatoms. The quantitative estimate of drug-likeness (QED) is 0.823. The summed E-state index contributed by atoms with van der Waals surface area (Å²) in [7, 11) is 0. The van der Waals surface area contributed by atoms with E-state index in [0.717, 1.165) is 5.39 Å². The van der Waals surface area contributed by atoms with E-state index in [1.54, 1.807) is 36.4 Å². The molecule has 23 heavy (non-hydrogen) atoms. The van der Waals surface area contributed by atoms with Crippen LogP contribution < -0.4 is 5.32 Å². The van der Waals surface area contributed by atoms with Crippen molar-refractivity contribution in [2.24, 2.45) is 5.92 Å². The fraction of sp³-hybridized carbons (Fsp3) is 0.444. The number of alkyl halides is 3. The number of nitrogens with one attached hydrogen (secondary N) is 1. The van der Waals surface area contributed by atoms with Crippen LogP contribution in [0.5, 0.6) is 0 Å². The van der Waals surface area contributed by atoms with E-state index < -0.39 is 18.3 Å². The van der Waals surface area contributed by atoms with Crippen LogP contribution in [-0.2, 0) is 0 Å². The third kappa shape index (κ3) is 4.45. The predicted molar refractivity (Wildman–Crippen MR) is 86.2 cm³/mol. The molecular weight excluding hydrogens is 303 g/mol. The summed E-state index contributed by atoms with van der Waals surface area (Å²) >= 11 is 0. The first-order valence-electron chi connectivity index (χ1n) is 7.74. The van der Waals surface area contributed by atoms with Crippen LogP contribution >= 0.6 is 0 Å². The summed E-state index contributed by atoms with van der Waals surface area (Å²) in [6, 6.07) is 9.56. The van der Waals surface area contributed by atoms with Crippen LogP contribution in [0.4, 0.5) is 13.2 Å². The number of hydrogen-bond donors (Lipinski definition) is 2. The van der Waals surface area contributed by atoms with Crippen LogP contribution in [0.15, 0.2) is 42.5 Å². The van der Waals surface area contributed by atoms with Crippen LogP contribution in [0, 0.1) is 5.92 Å². The number of hydrogen-bond acceptors (Lipinski definition) is 2. The Bertz CT molecular complexity index is 634. The molecule has 0 saturated heterocycles. The normalized spacial score (nSPS) is 15.1. The Morgan fingerprint density at radius 3 is 2.30 bits per heavy atom. The minimum atomic E-state index is -4.44. The minimum Gasteiger partial charge on any atom is -0.395 e. The van der Waals surface area contributed by atoms with E-state index in [1.807, 2.05) is 13.8 Å². The van der Waals surface area contributed by atoms with Crippen molar-refractivity contribution in [3.63, 3.8) is 0 Å². The van der Waals surface area contributed by atoms with Crippen LogP contribution in [0.3, 0.4) is 0 Å². The third-order valence-electron chi connectivity index (χ3n) is 3.84. The molecular formula is C18H22F3NO. The van der Waals surface area contributed by atoms with Gasteiger partial charge in [0.25, 0.3) is 0 Å². The smallest absolute Gasteiger partial charge is 0.395 e. The molecule has 0 radical (unpaired) electrons. The van der Waals surface area contributed by atoms with Gasteiger partial charge in [0.05, 0.1) is 6.61 Å². The summed E-state index contributed by atoms with van der Waals surface area (Å²) in [6.45, 7) is 3.52. The standard InChI is InChI=1S/C18H22F3NO/c1-12(2)10-14(11-23)22-17(18(19,20)21)16-9-5-7-13-6-3-4-8-15(13)16/h3-9,12,14,17,22-23H,10-11H2,1-2H3/t14-,17-/m0/s1. The van der Waals surface area contributed by atoms with Crippen molar-refractivity contribution in [2.45, 2.75) is 38.5 Å². The average Bonchev–Trinajstić information content (AvgIpc) is 2.49. The van der Waals surface area contributed by atoms with Gasteiger partial charge in [0.15, 0.2) is 0 Å². The summed E-state index contributed by atoms with van der Waals surface area (Å²) < 4.78 is 40.9. The van der Waals surface area contributed by atoms with Crippen LogP contribution in [0.1, 0.15) is 31.9 Å². The maximum atomic E-state index is 13.6. The van der Waals surface area contributed by atoms with Gasteiger partial charge in [-0.3, -0.25) is 5.32 Å². The number of aliphatic hydroxyl groups excluding tert-OH is 1. The summed E-state index contributed by atoms with van der Waals surface area (Å²) in [5.41, 5.74) is 0.192. The summed E-state index contributed by atoms with van der Waals surface area (Å²) in [5.74, 6) is 0.195. The number of benzene rings is 2. The van der Waals surface area contributed by atoms with Gasteiger partial charge < -0.3 is 5.11 Å². The summed E-state index contributed by atoms with van der Waals surface area (Å²) in [4.78, 5) is 0. The number of halogens is 3. The molecule has 0 spiro atoms. The molecule has 2 atom stereocenters.